The molecular formula is C31H35BrF6N4O3. The van der Waals surface area contributed by atoms with Gasteiger partial charge in [0.25, 0.3) is 0 Å². The molecule has 0 unspecified atom stereocenters. The lowest BCUT2D eigenvalue weighted by atomic mass is 10.0. The third-order valence-electron chi connectivity index (χ3n) is 6.54. The average molecular weight is 706 g/mol. The Morgan fingerprint density at radius 1 is 0.978 bits per heavy atom. The molecule has 1 aliphatic rings. The Balaban J connectivity index is 0.000000455. The minimum atomic E-state index is -4.76. The number of halogens is 7. The minimum Gasteiger partial charge on any atom is -0.507 e. The van der Waals surface area contributed by atoms with Crippen molar-refractivity contribution in [3.05, 3.63) is 93.7 Å². The number of rotatable bonds is 5. The highest BCUT2D eigenvalue weighted by atomic mass is 79.9. The molecule has 4 rings (SSSR count). The SMILES string of the molecule is C=C(/C=C(/NC1CCN(C)CC1)n1ncc(Br)c1C)c1ccccc1O.C=O.C=O.Cc1cc(C(F)(F)F)cc(C(F)(F)F)c1. The van der Waals surface area contributed by atoms with Crippen molar-refractivity contribution < 1.29 is 41.0 Å². The molecule has 0 radical (unpaired) electrons. The van der Waals surface area contributed by atoms with Crippen molar-refractivity contribution in [3.8, 4) is 5.75 Å². The molecule has 2 N–H and O–H groups in total. The highest BCUT2D eigenvalue weighted by Gasteiger charge is 2.36. The van der Waals surface area contributed by atoms with E-state index in [-0.39, 0.29) is 17.4 Å². The molecule has 0 amide bonds. The van der Waals surface area contributed by atoms with E-state index in [1.165, 1.54) is 6.92 Å². The van der Waals surface area contributed by atoms with Crippen LogP contribution in [0.3, 0.4) is 0 Å². The number of aromatic nitrogens is 2. The van der Waals surface area contributed by atoms with Gasteiger partial charge >= 0.3 is 12.4 Å². The summed E-state index contributed by atoms with van der Waals surface area (Å²) in [6.07, 6.45) is -3.60. The Labute approximate surface area is 266 Å². The van der Waals surface area contributed by atoms with Gasteiger partial charge in [0.05, 0.1) is 27.5 Å². The summed E-state index contributed by atoms with van der Waals surface area (Å²) in [5, 5.41) is 18.3. The van der Waals surface area contributed by atoms with Crippen LogP contribution in [0.5, 0.6) is 5.75 Å². The van der Waals surface area contributed by atoms with E-state index < -0.39 is 23.5 Å². The van der Waals surface area contributed by atoms with Crippen molar-refractivity contribution in [2.24, 2.45) is 0 Å². The Kier molecular flexibility index (Phi) is 15.2. The van der Waals surface area contributed by atoms with Crippen molar-refractivity contribution in [2.45, 2.75) is 45.1 Å². The van der Waals surface area contributed by atoms with Gasteiger partial charge in [0.2, 0.25) is 0 Å². The molecule has 0 saturated carbocycles. The summed E-state index contributed by atoms with van der Waals surface area (Å²) in [5.74, 6) is 1.10. The van der Waals surface area contributed by atoms with Crippen LogP contribution in [-0.2, 0) is 21.9 Å². The fraction of sp³-hybridized carbons (Fsp3) is 0.323. The second kappa shape index (κ2) is 17.5. The zero-order valence-electron chi connectivity index (χ0n) is 25.0. The number of hydrogen-bond acceptors (Lipinski definition) is 6. The molecule has 246 valence electrons. The van der Waals surface area contributed by atoms with Crippen LogP contribution >= 0.6 is 15.9 Å². The van der Waals surface area contributed by atoms with Crippen LogP contribution in [0.15, 0.2) is 65.8 Å². The van der Waals surface area contributed by atoms with Crippen LogP contribution in [-0.4, -0.2) is 59.5 Å². The van der Waals surface area contributed by atoms with E-state index in [4.69, 9.17) is 9.59 Å². The quantitative estimate of drug-likeness (QED) is 0.211. The maximum absolute atomic E-state index is 12.2. The third-order valence-corrected chi connectivity index (χ3v) is 7.32. The van der Waals surface area contributed by atoms with E-state index in [0.29, 0.717) is 18.2 Å². The zero-order chi connectivity index (χ0) is 34.5. The zero-order valence-corrected chi connectivity index (χ0v) is 26.6. The first kappa shape index (κ1) is 39.1. The first-order chi connectivity index (χ1) is 21.1. The molecule has 14 heteroatoms. The van der Waals surface area contributed by atoms with Crippen LogP contribution in [0.25, 0.3) is 11.4 Å². The van der Waals surface area contributed by atoms with E-state index in [9.17, 15) is 31.4 Å². The van der Waals surface area contributed by atoms with E-state index in [1.54, 1.807) is 12.3 Å². The average Bonchev–Trinajstić information content (AvgIpc) is 3.32. The predicted octanol–water partition coefficient (Wildman–Crippen LogP) is 7.52. The van der Waals surface area contributed by atoms with Crippen LogP contribution < -0.4 is 5.32 Å². The number of piperidine rings is 1. The maximum atomic E-state index is 12.2. The fourth-order valence-corrected chi connectivity index (χ4v) is 4.52. The lowest BCUT2D eigenvalue weighted by Crippen LogP contribution is -2.41. The summed E-state index contributed by atoms with van der Waals surface area (Å²) < 4.78 is 75.9. The number of phenolic OH excluding ortho intramolecular Hbond substituents is 1. The summed E-state index contributed by atoms with van der Waals surface area (Å²) in [6.45, 7) is 13.5. The number of benzene rings is 2. The van der Waals surface area contributed by atoms with Gasteiger partial charge in [0.15, 0.2) is 0 Å². The van der Waals surface area contributed by atoms with Gasteiger partial charge in [-0.25, -0.2) is 4.68 Å². The van der Waals surface area contributed by atoms with Gasteiger partial charge in [0.1, 0.15) is 25.1 Å². The second-order valence-electron chi connectivity index (χ2n) is 9.87. The van der Waals surface area contributed by atoms with E-state index >= 15 is 0 Å². The summed E-state index contributed by atoms with van der Waals surface area (Å²) in [4.78, 5) is 18.3. The molecule has 2 heterocycles. The third kappa shape index (κ3) is 11.8. The van der Waals surface area contributed by atoms with Gasteiger partial charge in [-0.2, -0.15) is 31.4 Å². The van der Waals surface area contributed by atoms with Crippen molar-refractivity contribution in [1.29, 1.82) is 0 Å². The molecule has 45 heavy (non-hydrogen) atoms. The highest BCUT2D eigenvalue weighted by molar-refractivity contribution is 9.10. The smallest absolute Gasteiger partial charge is 0.416 e. The molecule has 0 bridgehead atoms. The Hall–Kier alpha value is -3.91. The molecular weight excluding hydrogens is 670 g/mol. The predicted molar refractivity (Wildman–Crippen MR) is 165 cm³/mol. The van der Waals surface area contributed by atoms with Gasteiger partial charge in [0, 0.05) is 11.6 Å². The number of likely N-dealkylation sites (tertiary alicyclic amines) is 1. The second-order valence-corrected chi connectivity index (χ2v) is 10.7. The molecule has 3 aromatic rings. The monoisotopic (exact) mass is 704 g/mol. The number of hydrogen-bond donors (Lipinski definition) is 2. The molecule has 1 aromatic heterocycles. The summed E-state index contributed by atoms with van der Waals surface area (Å²) in [7, 11) is 2.15. The number of alkyl halides is 6. The van der Waals surface area contributed by atoms with E-state index in [0.717, 1.165) is 53.1 Å². The van der Waals surface area contributed by atoms with Gasteiger partial charge < -0.3 is 24.9 Å². The molecule has 0 atom stereocenters. The van der Waals surface area contributed by atoms with Gasteiger partial charge in [-0.15, -0.1) is 0 Å². The van der Waals surface area contributed by atoms with Crippen LogP contribution in [0.2, 0.25) is 0 Å². The first-order valence-electron chi connectivity index (χ1n) is 13.2. The molecule has 2 aromatic carbocycles. The van der Waals surface area contributed by atoms with Gasteiger partial charge in [-0.05, 0) is 104 Å². The van der Waals surface area contributed by atoms with Gasteiger partial charge in [-0.1, -0.05) is 24.8 Å². The maximum Gasteiger partial charge on any atom is 0.416 e. The number of nitrogens with zero attached hydrogens (tertiary/aromatic N) is 3. The standard InChI is InChI=1S/C20H25BrN4O.C9H6F6.2CH2O/c1-14(17-6-4-5-7-19(17)26)12-20(25-15(2)18(21)13-22-25)23-16-8-10-24(3)11-9-16;1-5-2-6(8(10,11)12)4-7(3-5)9(13,14)15;2*1-2/h4-7,12-13,16,23,26H,1,8-11H2,2-3H3;2-4H,1H3;2*1H2/b20-12-;;;. The topological polar surface area (TPSA) is 87.5 Å². The highest BCUT2D eigenvalue weighted by Crippen LogP contribution is 2.36. The molecule has 7 nitrogen and oxygen atoms in total. The Bertz CT molecular complexity index is 1400. The normalized spacial score (nSPS) is 14.1. The summed E-state index contributed by atoms with van der Waals surface area (Å²) in [6, 6.07) is 9.09. The van der Waals surface area contributed by atoms with E-state index in [1.807, 2.05) is 49.5 Å². The van der Waals surface area contributed by atoms with Crippen molar-refractivity contribution in [3.63, 3.8) is 0 Å². The number of para-hydroxylation sites is 1. The lowest BCUT2D eigenvalue weighted by Gasteiger charge is -2.31. The Morgan fingerprint density at radius 2 is 1.49 bits per heavy atom. The number of aryl methyl sites for hydroxylation is 1. The largest absolute Gasteiger partial charge is 0.507 e. The van der Waals surface area contributed by atoms with Crippen molar-refractivity contribution >= 4 is 40.9 Å². The van der Waals surface area contributed by atoms with Crippen molar-refractivity contribution in [2.75, 3.05) is 20.1 Å². The van der Waals surface area contributed by atoms with E-state index in [2.05, 4.69) is 44.9 Å². The Morgan fingerprint density at radius 3 is 1.93 bits per heavy atom. The van der Waals surface area contributed by atoms with Gasteiger partial charge in [-0.3, -0.25) is 0 Å². The molecule has 1 fully saturated rings. The van der Waals surface area contributed by atoms with Crippen LogP contribution in [0, 0.1) is 13.8 Å². The van der Waals surface area contributed by atoms with Crippen LogP contribution in [0.1, 0.15) is 40.8 Å². The number of aromatic hydroxyl groups is 1. The molecule has 1 saturated heterocycles. The molecule has 0 spiro atoms. The first-order valence-corrected chi connectivity index (χ1v) is 14.0. The number of phenols is 1. The number of carbonyl (C=O) groups is 2. The molecule has 0 aliphatic carbocycles. The minimum absolute atomic E-state index is 0.0721. The summed E-state index contributed by atoms with van der Waals surface area (Å²) >= 11 is 3.53. The number of carbonyl (C=O) groups excluding carboxylic acids is 2. The number of allylic oxidation sites excluding steroid dienone is 2. The fourth-order valence-electron chi connectivity index (χ4n) is 4.26. The van der Waals surface area contributed by atoms with Crippen LogP contribution in [0.4, 0.5) is 26.3 Å². The molecule has 1 aliphatic heterocycles. The van der Waals surface area contributed by atoms with Crippen molar-refractivity contribution in [1.82, 2.24) is 20.0 Å². The lowest BCUT2D eigenvalue weighted by molar-refractivity contribution is -0.143. The summed E-state index contributed by atoms with van der Waals surface area (Å²) in [5.41, 5.74) is -0.160. The number of nitrogens with one attached hydrogen (secondary N) is 1.